The van der Waals surface area contributed by atoms with Gasteiger partial charge in [-0.25, -0.2) is 9.97 Å². The normalized spacial score (nSPS) is 10.7. The van der Waals surface area contributed by atoms with E-state index < -0.39 is 0 Å². The second-order valence-electron chi connectivity index (χ2n) is 3.75. The Labute approximate surface area is 108 Å². The first kappa shape index (κ1) is 11.0. The van der Waals surface area contributed by atoms with Gasteiger partial charge in [-0.2, -0.15) is 0 Å². The molecular formula is C13H11N3OS. The largest absolute Gasteiger partial charge is 0.483 e. The van der Waals surface area contributed by atoms with Gasteiger partial charge in [0.1, 0.15) is 11.6 Å². The number of nitrogens with zero attached hydrogens (tertiary/aromatic N) is 2. The van der Waals surface area contributed by atoms with Gasteiger partial charge in [-0.3, -0.25) is 0 Å². The molecule has 0 amide bonds. The Morgan fingerprint density at radius 1 is 1.17 bits per heavy atom. The summed E-state index contributed by atoms with van der Waals surface area (Å²) >= 11 is 1.63. The van der Waals surface area contributed by atoms with Crippen LogP contribution in [0.1, 0.15) is 5.01 Å². The molecule has 2 N–H and O–H groups in total. The lowest BCUT2D eigenvalue weighted by Gasteiger charge is -2.05. The number of thiazole rings is 1. The molecule has 0 aliphatic rings. The molecule has 2 heterocycles. The summed E-state index contributed by atoms with van der Waals surface area (Å²) in [5.41, 5.74) is 6.71. The number of hydrogen-bond acceptors (Lipinski definition) is 5. The number of nitrogen functional groups attached to an aromatic ring is 1. The molecule has 1 aromatic carbocycles. The smallest absolute Gasteiger partial charge is 0.166 e. The third-order valence-corrected chi connectivity index (χ3v) is 3.50. The number of hydrogen-bond donors (Lipinski definition) is 1. The van der Waals surface area contributed by atoms with Crippen LogP contribution in [0, 0.1) is 0 Å². The highest BCUT2D eigenvalue weighted by molar-refractivity contribution is 7.18. The Bertz CT molecular complexity index is 648. The second-order valence-corrected chi connectivity index (χ2v) is 4.87. The molecule has 0 spiro atoms. The number of anilines is 1. The van der Waals surface area contributed by atoms with Gasteiger partial charge in [-0.15, -0.1) is 11.3 Å². The van der Waals surface area contributed by atoms with Crippen molar-refractivity contribution in [3.63, 3.8) is 0 Å². The summed E-state index contributed by atoms with van der Waals surface area (Å²) in [5, 5.41) is 0.930. The van der Waals surface area contributed by atoms with Gasteiger partial charge in [-0.05, 0) is 24.3 Å². The van der Waals surface area contributed by atoms with Crippen LogP contribution < -0.4 is 10.5 Å². The molecular weight excluding hydrogens is 246 g/mol. The van der Waals surface area contributed by atoms with E-state index >= 15 is 0 Å². The minimum Gasteiger partial charge on any atom is -0.483 e. The lowest BCUT2D eigenvalue weighted by atomic mass is 10.3. The molecule has 0 unspecified atom stereocenters. The second kappa shape index (κ2) is 4.62. The number of benzene rings is 1. The molecule has 3 rings (SSSR count). The highest BCUT2D eigenvalue weighted by Crippen LogP contribution is 2.24. The standard InChI is InChI=1S/C13H11N3OS/c14-13-10(5-3-7-15-13)17-8-12-16-9-4-1-2-6-11(9)18-12/h1-7H,8H2,(H2,14,15). The Balaban J connectivity index is 1.79. The zero-order chi connectivity index (χ0) is 12.4. The third-order valence-electron chi connectivity index (χ3n) is 2.49. The molecule has 0 aliphatic heterocycles. The van der Waals surface area contributed by atoms with Gasteiger partial charge < -0.3 is 10.5 Å². The summed E-state index contributed by atoms with van der Waals surface area (Å²) in [5.74, 6) is 0.996. The monoisotopic (exact) mass is 257 g/mol. The topological polar surface area (TPSA) is 61.0 Å². The molecule has 0 saturated heterocycles. The highest BCUT2D eigenvalue weighted by atomic mass is 32.1. The zero-order valence-corrected chi connectivity index (χ0v) is 10.4. The first-order chi connectivity index (χ1) is 8.83. The van der Waals surface area contributed by atoms with E-state index in [4.69, 9.17) is 10.5 Å². The van der Waals surface area contributed by atoms with Crippen molar-refractivity contribution in [1.29, 1.82) is 0 Å². The van der Waals surface area contributed by atoms with Crippen LogP contribution >= 0.6 is 11.3 Å². The molecule has 0 bridgehead atoms. The fourth-order valence-electron chi connectivity index (χ4n) is 1.65. The molecule has 90 valence electrons. The van der Waals surface area contributed by atoms with E-state index in [0.717, 1.165) is 15.2 Å². The van der Waals surface area contributed by atoms with Gasteiger partial charge in [-0.1, -0.05) is 12.1 Å². The molecule has 4 nitrogen and oxygen atoms in total. The summed E-state index contributed by atoms with van der Waals surface area (Å²) in [6.45, 7) is 0.412. The average molecular weight is 257 g/mol. The van der Waals surface area contributed by atoms with Crippen LogP contribution in [-0.2, 0) is 6.61 Å². The summed E-state index contributed by atoms with van der Waals surface area (Å²) in [7, 11) is 0. The maximum absolute atomic E-state index is 5.71. The van der Waals surface area contributed by atoms with Crippen LogP contribution in [0.2, 0.25) is 0 Å². The predicted molar refractivity (Wildman–Crippen MR) is 72.6 cm³/mol. The lowest BCUT2D eigenvalue weighted by Crippen LogP contribution is -1.99. The lowest BCUT2D eigenvalue weighted by molar-refractivity contribution is 0.306. The van der Waals surface area contributed by atoms with Gasteiger partial charge >= 0.3 is 0 Å². The van der Waals surface area contributed by atoms with Crippen LogP contribution in [-0.4, -0.2) is 9.97 Å². The van der Waals surface area contributed by atoms with Crippen molar-refractivity contribution in [2.45, 2.75) is 6.61 Å². The van der Waals surface area contributed by atoms with E-state index in [1.807, 2.05) is 18.2 Å². The number of nitrogens with two attached hydrogens (primary N) is 1. The molecule has 0 saturated carbocycles. The van der Waals surface area contributed by atoms with E-state index in [-0.39, 0.29) is 0 Å². The molecule has 2 aromatic heterocycles. The van der Waals surface area contributed by atoms with Crippen LogP contribution in [0.25, 0.3) is 10.2 Å². The number of ether oxygens (including phenoxy) is 1. The van der Waals surface area contributed by atoms with Gasteiger partial charge in [0.2, 0.25) is 0 Å². The van der Waals surface area contributed by atoms with Gasteiger partial charge in [0.05, 0.1) is 10.2 Å². The Morgan fingerprint density at radius 3 is 2.89 bits per heavy atom. The summed E-state index contributed by atoms with van der Waals surface area (Å²) in [6.07, 6.45) is 1.64. The van der Waals surface area contributed by atoms with Gasteiger partial charge in [0.25, 0.3) is 0 Å². The number of pyridine rings is 1. The van der Waals surface area contributed by atoms with Crippen LogP contribution in [0.15, 0.2) is 42.6 Å². The molecule has 18 heavy (non-hydrogen) atoms. The van der Waals surface area contributed by atoms with Crippen molar-refractivity contribution in [3.8, 4) is 5.75 Å². The summed E-state index contributed by atoms with van der Waals surface area (Å²) in [4.78, 5) is 8.46. The minimum absolute atomic E-state index is 0.401. The fourth-order valence-corrected chi connectivity index (χ4v) is 2.53. The van der Waals surface area contributed by atoms with E-state index in [1.165, 1.54) is 0 Å². The van der Waals surface area contributed by atoms with E-state index in [0.29, 0.717) is 18.2 Å². The Morgan fingerprint density at radius 2 is 2.06 bits per heavy atom. The number of fused-ring (bicyclic) bond motifs is 1. The van der Waals surface area contributed by atoms with Crippen molar-refractivity contribution < 1.29 is 4.74 Å². The number of para-hydroxylation sites is 1. The van der Waals surface area contributed by atoms with Crippen molar-refractivity contribution in [2.75, 3.05) is 5.73 Å². The maximum atomic E-state index is 5.71. The quantitative estimate of drug-likeness (QED) is 0.783. The molecule has 5 heteroatoms. The van der Waals surface area contributed by atoms with Crippen molar-refractivity contribution in [2.24, 2.45) is 0 Å². The van der Waals surface area contributed by atoms with Crippen molar-refractivity contribution in [1.82, 2.24) is 9.97 Å². The first-order valence-corrected chi connectivity index (χ1v) is 6.32. The molecule has 0 radical (unpaired) electrons. The molecule has 0 aliphatic carbocycles. The van der Waals surface area contributed by atoms with E-state index in [9.17, 15) is 0 Å². The third kappa shape index (κ3) is 2.12. The molecule has 0 atom stereocenters. The summed E-state index contributed by atoms with van der Waals surface area (Å²) < 4.78 is 6.78. The van der Waals surface area contributed by atoms with E-state index in [2.05, 4.69) is 16.0 Å². The Kier molecular flexibility index (Phi) is 2.82. The van der Waals surface area contributed by atoms with Gasteiger partial charge in [0.15, 0.2) is 11.6 Å². The maximum Gasteiger partial charge on any atom is 0.166 e. The van der Waals surface area contributed by atoms with Crippen LogP contribution in [0.5, 0.6) is 5.75 Å². The first-order valence-electron chi connectivity index (χ1n) is 5.50. The Hall–Kier alpha value is -2.14. The van der Waals surface area contributed by atoms with Crippen LogP contribution in [0.3, 0.4) is 0 Å². The average Bonchev–Trinajstić information content (AvgIpc) is 2.80. The number of aromatic nitrogens is 2. The zero-order valence-electron chi connectivity index (χ0n) is 9.54. The number of rotatable bonds is 3. The molecule has 3 aromatic rings. The van der Waals surface area contributed by atoms with Crippen molar-refractivity contribution in [3.05, 3.63) is 47.6 Å². The predicted octanol–water partition coefficient (Wildman–Crippen LogP) is 2.85. The summed E-state index contributed by atoms with van der Waals surface area (Å²) in [6, 6.07) is 11.6. The van der Waals surface area contributed by atoms with E-state index in [1.54, 1.807) is 29.7 Å². The van der Waals surface area contributed by atoms with Gasteiger partial charge in [0, 0.05) is 6.20 Å². The molecule has 0 fully saturated rings. The minimum atomic E-state index is 0.401. The van der Waals surface area contributed by atoms with Crippen molar-refractivity contribution >= 4 is 27.4 Å². The highest BCUT2D eigenvalue weighted by Gasteiger charge is 2.05. The SMILES string of the molecule is Nc1ncccc1OCc1nc2ccccc2s1. The van der Waals surface area contributed by atoms with Crippen LogP contribution in [0.4, 0.5) is 5.82 Å². The fraction of sp³-hybridized carbons (Fsp3) is 0.0769.